The van der Waals surface area contributed by atoms with Crippen molar-refractivity contribution in [1.82, 2.24) is 4.90 Å². The lowest BCUT2D eigenvalue weighted by Gasteiger charge is -2.38. The Morgan fingerprint density at radius 3 is 2.25 bits per heavy atom. The lowest BCUT2D eigenvalue weighted by molar-refractivity contribution is -0.118. The summed E-state index contributed by atoms with van der Waals surface area (Å²) >= 11 is 0. The number of nitrogens with one attached hydrogen (secondary N) is 1. The Morgan fingerprint density at radius 2 is 1.64 bits per heavy atom. The number of nitrogens with zero attached hydrogens (tertiary/aromatic N) is 2. The first-order chi connectivity index (χ1) is 13.6. The van der Waals surface area contributed by atoms with Crippen LogP contribution in [-0.2, 0) is 4.79 Å². The molecule has 0 atom stereocenters. The second kappa shape index (κ2) is 9.46. The molecule has 2 aromatic rings. The maximum Gasteiger partial charge on any atom is 0.262 e. The second-order valence-corrected chi connectivity index (χ2v) is 7.15. The summed E-state index contributed by atoms with van der Waals surface area (Å²) in [6.45, 7) is 8.62. The van der Waals surface area contributed by atoms with Crippen molar-refractivity contribution in [2.24, 2.45) is 0 Å². The molecule has 0 bridgehead atoms. The third kappa shape index (κ3) is 5.16. The molecule has 6 nitrogen and oxygen atoms in total. The number of ether oxygens (including phenoxy) is 2. The summed E-state index contributed by atoms with van der Waals surface area (Å²) in [4.78, 5) is 17.1. The first-order valence-electron chi connectivity index (χ1n) is 9.71. The smallest absolute Gasteiger partial charge is 0.262 e. The quantitative estimate of drug-likeness (QED) is 0.795. The van der Waals surface area contributed by atoms with E-state index in [1.54, 1.807) is 19.2 Å². The minimum absolute atomic E-state index is 0.0702. The number of piperazine rings is 1. The van der Waals surface area contributed by atoms with Gasteiger partial charge in [-0.1, -0.05) is 12.1 Å². The highest BCUT2D eigenvalue weighted by Crippen LogP contribution is 2.25. The van der Waals surface area contributed by atoms with Crippen molar-refractivity contribution in [3.05, 3.63) is 48.5 Å². The molecule has 3 rings (SSSR count). The fourth-order valence-electron chi connectivity index (χ4n) is 3.33. The van der Waals surface area contributed by atoms with Gasteiger partial charge in [0, 0.05) is 43.6 Å². The van der Waals surface area contributed by atoms with E-state index in [1.165, 1.54) is 5.69 Å². The van der Waals surface area contributed by atoms with Gasteiger partial charge in [-0.15, -0.1) is 0 Å². The van der Waals surface area contributed by atoms with Crippen LogP contribution >= 0.6 is 0 Å². The molecule has 0 saturated carbocycles. The number of carbonyl (C=O) groups excluding carboxylic acids is 1. The van der Waals surface area contributed by atoms with Crippen molar-refractivity contribution < 1.29 is 14.3 Å². The van der Waals surface area contributed by atoms with Crippen LogP contribution in [0, 0.1) is 0 Å². The van der Waals surface area contributed by atoms with E-state index in [9.17, 15) is 4.79 Å². The molecule has 1 aliphatic rings. The highest BCUT2D eigenvalue weighted by Gasteiger charge is 2.18. The summed E-state index contributed by atoms with van der Waals surface area (Å²) in [5.41, 5.74) is 1.95. The number of methoxy groups -OCH3 is 1. The van der Waals surface area contributed by atoms with E-state index in [0.717, 1.165) is 31.9 Å². The number of hydrogen-bond donors (Lipinski definition) is 1. The summed E-state index contributed by atoms with van der Waals surface area (Å²) in [6.07, 6.45) is 0. The van der Waals surface area contributed by atoms with Crippen LogP contribution in [0.15, 0.2) is 48.5 Å². The molecule has 150 valence electrons. The van der Waals surface area contributed by atoms with Gasteiger partial charge in [0.05, 0.1) is 7.11 Å². The minimum Gasteiger partial charge on any atom is -0.493 e. The number of anilines is 2. The maximum absolute atomic E-state index is 12.2. The van der Waals surface area contributed by atoms with Gasteiger partial charge in [0.15, 0.2) is 18.1 Å². The maximum atomic E-state index is 12.2. The van der Waals surface area contributed by atoms with Crippen LogP contribution in [0.5, 0.6) is 11.5 Å². The van der Waals surface area contributed by atoms with E-state index in [4.69, 9.17) is 9.47 Å². The van der Waals surface area contributed by atoms with Crippen LogP contribution in [0.25, 0.3) is 0 Å². The van der Waals surface area contributed by atoms with Crippen molar-refractivity contribution in [3.8, 4) is 11.5 Å². The molecular formula is C22H29N3O3. The highest BCUT2D eigenvalue weighted by atomic mass is 16.5. The molecule has 0 aliphatic carbocycles. The van der Waals surface area contributed by atoms with Crippen LogP contribution in [-0.4, -0.2) is 56.7 Å². The number of rotatable bonds is 7. The average Bonchev–Trinajstić information content (AvgIpc) is 2.73. The Morgan fingerprint density at radius 1 is 1.00 bits per heavy atom. The molecule has 0 unspecified atom stereocenters. The van der Waals surface area contributed by atoms with E-state index in [-0.39, 0.29) is 12.5 Å². The van der Waals surface area contributed by atoms with E-state index in [2.05, 4.69) is 41.1 Å². The third-order valence-electron chi connectivity index (χ3n) is 4.99. The number of benzene rings is 2. The Labute approximate surface area is 167 Å². The van der Waals surface area contributed by atoms with Crippen LogP contribution in [0.2, 0.25) is 0 Å². The first-order valence-corrected chi connectivity index (χ1v) is 9.71. The van der Waals surface area contributed by atoms with Gasteiger partial charge in [-0.3, -0.25) is 9.69 Å². The van der Waals surface area contributed by atoms with Crippen molar-refractivity contribution in [3.63, 3.8) is 0 Å². The topological polar surface area (TPSA) is 54.0 Å². The summed E-state index contributed by atoms with van der Waals surface area (Å²) in [5.74, 6) is 0.956. The van der Waals surface area contributed by atoms with Gasteiger partial charge in [0.1, 0.15) is 0 Å². The van der Waals surface area contributed by atoms with Crippen LogP contribution in [0.1, 0.15) is 13.8 Å². The zero-order valence-corrected chi connectivity index (χ0v) is 16.9. The van der Waals surface area contributed by atoms with Gasteiger partial charge in [-0.2, -0.15) is 0 Å². The molecule has 6 heteroatoms. The molecule has 1 N–H and O–H groups in total. The lowest BCUT2D eigenvalue weighted by Crippen LogP contribution is -2.48. The fraction of sp³-hybridized carbons (Fsp3) is 0.409. The molecule has 1 fully saturated rings. The Kier molecular flexibility index (Phi) is 6.76. The van der Waals surface area contributed by atoms with Gasteiger partial charge in [0.2, 0.25) is 0 Å². The van der Waals surface area contributed by atoms with E-state index in [0.29, 0.717) is 17.5 Å². The molecular weight excluding hydrogens is 354 g/mol. The van der Waals surface area contributed by atoms with Crippen LogP contribution < -0.4 is 19.7 Å². The summed E-state index contributed by atoms with van der Waals surface area (Å²) < 4.78 is 10.8. The average molecular weight is 383 g/mol. The molecule has 0 radical (unpaired) electrons. The zero-order chi connectivity index (χ0) is 19.9. The SMILES string of the molecule is COc1ccccc1OCC(=O)Nc1ccc(N2CCN(C(C)C)CC2)cc1. The molecule has 1 saturated heterocycles. The number of para-hydroxylation sites is 2. The molecule has 2 aromatic carbocycles. The van der Waals surface area contributed by atoms with E-state index >= 15 is 0 Å². The van der Waals surface area contributed by atoms with Gasteiger partial charge >= 0.3 is 0 Å². The zero-order valence-electron chi connectivity index (χ0n) is 16.9. The Balaban J connectivity index is 1.49. The van der Waals surface area contributed by atoms with E-state index in [1.807, 2.05) is 24.3 Å². The fourth-order valence-corrected chi connectivity index (χ4v) is 3.33. The molecule has 1 amide bonds. The molecule has 28 heavy (non-hydrogen) atoms. The van der Waals surface area contributed by atoms with Crippen LogP contribution in [0.4, 0.5) is 11.4 Å². The highest BCUT2D eigenvalue weighted by molar-refractivity contribution is 5.92. The molecule has 1 aliphatic heterocycles. The molecule has 0 aromatic heterocycles. The summed E-state index contributed by atoms with van der Waals surface area (Å²) in [6, 6.07) is 15.9. The summed E-state index contributed by atoms with van der Waals surface area (Å²) in [5, 5.41) is 2.87. The predicted molar refractivity (Wildman–Crippen MR) is 112 cm³/mol. The van der Waals surface area contributed by atoms with E-state index < -0.39 is 0 Å². The number of carbonyl (C=O) groups is 1. The van der Waals surface area contributed by atoms with Gasteiger partial charge in [0.25, 0.3) is 5.91 Å². The largest absolute Gasteiger partial charge is 0.493 e. The molecule has 0 spiro atoms. The first kappa shape index (κ1) is 20.0. The van der Waals surface area contributed by atoms with Crippen molar-refractivity contribution in [1.29, 1.82) is 0 Å². The Bertz CT molecular complexity index is 769. The monoisotopic (exact) mass is 383 g/mol. The second-order valence-electron chi connectivity index (χ2n) is 7.15. The lowest BCUT2D eigenvalue weighted by atomic mass is 10.2. The normalized spacial score (nSPS) is 14.8. The van der Waals surface area contributed by atoms with Crippen molar-refractivity contribution in [2.75, 3.05) is 50.1 Å². The third-order valence-corrected chi connectivity index (χ3v) is 4.99. The standard InChI is InChI=1S/C22H29N3O3/c1-17(2)24-12-14-25(15-13-24)19-10-8-18(9-11-19)23-22(26)16-28-21-7-5-4-6-20(21)27-3/h4-11,17H,12-16H2,1-3H3,(H,23,26). The Hall–Kier alpha value is -2.73. The van der Waals surface area contributed by atoms with Crippen molar-refractivity contribution in [2.45, 2.75) is 19.9 Å². The summed E-state index contributed by atoms with van der Waals surface area (Å²) in [7, 11) is 1.58. The van der Waals surface area contributed by atoms with Gasteiger partial charge in [-0.25, -0.2) is 0 Å². The van der Waals surface area contributed by atoms with Gasteiger partial charge < -0.3 is 19.7 Å². The molecule has 1 heterocycles. The van der Waals surface area contributed by atoms with Gasteiger partial charge in [-0.05, 0) is 50.2 Å². The predicted octanol–water partition coefficient (Wildman–Crippen LogP) is 3.24. The number of hydrogen-bond acceptors (Lipinski definition) is 5. The van der Waals surface area contributed by atoms with Crippen molar-refractivity contribution >= 4 is 17.3 Å². The number of amides is 1. The minimum atomic E-state index is -0.204. The van der Waals surface area contributed by atoms with Crippen LogP contribution in [0.3, 0.4) is 0 Å².